The van der Waals surface area contributed by atoms with Crippen LogP contribution in [0.3, 0.4) is 0 Å². The average molecular weight is 484 g/mol. The van der Waals surface area contributed by atoms with Crippen LogP contribution in [0.5, 0.6) is 0 Å². The van der Waals surface area contributed by atoms with Crippen LogP contribution in [0.2, 0.25) is 5.02 Å². The topological polar surface area (TPSA) is 73.8 Å². The van der Waals surface area contributed by atoms with Gasteiger partial charge in [0.25, 0.3) is 0 Å². The molecular formula is C25H31ClFN7. The van der Waals surface area contributed by atoms with E-state index in [4.69, 9.17) is 21.6 Å². The van der Waals surface area contributed by atoms with Gasteiger partial charge in [0, 0.05) is 32.4 Å². The first-order valence-electron chi connectivity index (χ1n) is 12.5. The number of rotatable bonds is 4. The third kappa shape index (κ3) is 3.85. The van der Waals surface area contributed by atoms with Crippen LogP contribution in [-0.4, -0.2) is 63.3 Å². The quantitative estimate of drug-likeness (QED) is 0.585. The number of fused-ring (bicyclic) bond motifs is 4. The molecule has 0 spiro atoms. The summed E-state index contributed by atoms with van der Waals surface area (Å²) < 4.78 is 16.0. The van der Waals surface area contributed by atoms with Crippen LogP contribution in [-0.2, 0) is 6.42 Å². The van der Waals surface area contributed by atoms with Crippen molar-refractivity contribution in [3.05, 3.63) is 28.8 Å². The van der Waals surface area contributed by atoms with Crippen LogP contribution in [0, 0.1) is 29.5 Å². The normalized spacial score (nSPS) is 27.6. The molecule has 9 heteroatoms. The van der Waals surface area contributed by atoms with E-state index < -0.39 is 0 Å². The van der Waals surface area contributed by atoms with Crippen molar-refractivity contribution in [2.45, 2.75) is 39.0 Å². The monoisotopic (exact) mass is 483 g/mol. The Balaban J connectivity index is 1.44. The maximum atomic E-state index is 16.0. The number of anilines is 1. The summed E-state index contributed by atoms with van der Waals surface area (Å²) in [5, 5.41) is 8.61. The molecule has 4 aliphatic rings. The van der Waals surface area contributed by atoms with E-state index in [9.17, 15) is 0 Å². The summed E-state index contributed by atoms with van der Waals surface area (Å²) in [5.74, 6) is 3.11. The lowest BCUT2D eigenvalue weighted by molar-refractivity contribution is 0.0334. The third-order valence-corrected chi connectivity index (χ3v) is 8.78. The molecule has 1 saturated heterocycles. The lowest BCUT2D eigenvalue weighted by Gasteiger charge is -2.47. The first-order valence-corrected chi connectivity index (χ1v) is 12.9. The predicted octanol–water partition coefficient (Wildman–Crippen LogP) is 4.57. The molecule has 4 heterocycles. The van der Waals surface area contributed by atoms with Crippen LogP contribution in [0.1, 0.15) is 38.3 Å². The number of aromatic amines is 1. The molecule has 180 valence electrons. The first kappa shape index (κ1) is 22.2. The Labute approximate surface area is 204 Å². The Bertz CT molecular complexity index is 1200. The highest BCUT2D eigenvalue weighted by Crippen LogP contribution is 2.50. The van der Waals surface area contributed by atoms with E-state index in [1.165, 1.54) is 25.7 Å². The zero-order valence-electron chi connectivity index (χ0n) is 19.8. The summed E-state index contributed by atoms with van der Waals surface area (Å²) in [5.41, 5.74) is 1.72. The number of piperazine rings is 1. The Morgan fingerprint density at radius 3 is 2.56 bits per heavy atom. The molecule has 2 atom stereocenters. The first-order chi connectivity index (χ1) is 16.5. The van der Waals surface area contributed by atoms with Gasteiger partial charge in [0.05, 0.1) is 16.1 Å². The molecule has 0 amide bonds. The smallest absolute Gasteiger partial charge is 0.187 e. The molecule has 3 saturated carbocycles. The molecule has 7 nitrogen and oxygen atoms in total. The molecular weight excluding hydrogens is 453 g/mol. The maximum absolute atomic E-state index is 16.0. The van der Waals surface area contributed by atoms with Crippen molar-refractivity contribution >= 4 is 28.5 Å². The second kappa shape index (κ2) is 8.72. The number of hydrogen-bond acceptors (Lipinski definition) is 6. The Morgan fingerprint density at radius 2 is 1.82 bits per heavy atom. The molecule has 1 aliphatic heterocycles. The third-order valence-electron chi connectivity index (χ3n) is 8.57. The van der Waals surface area contributed by atoms with Crippen molar-refractivity contribution < 1.29 is 4.39 Å². The lowest BCUT2D eigenvalue weighted by Crippen LogP contribution is -2.45. The summed E-state index contributed by atoms with van der Waals surface area (Å²) in [7, 11) is 2.09. The molecule has 4 fully saturated rings. The van der Waals surface area contributed by atoms with Crippen molar-refractivity contribution in [2.75, 3.05) is 38.1 Å². The highest BCUT2D eigenvalue weighted by Gasteiger charge is 2.42. The largest absolute Gasteiger partial charge is 0.351 e. The summed E-state index contributed by atoms with van der Waals surface area (Å²) in [6.07, 6.45) is 7.40. The lowest BCUT2D eigenvalue weighted by atomic mass is 9.58. The number of nitrogens with zero attached hydrogens (tertiary/aromatic N) is 6. The molecule has 7 rings (SSSR count). The number of hydrogen-bond donors (Lipinski definition) is 1. The van der Waals surface area contributed by atoms with Crippen LogP contribution in [0.25, 0.3) is 22.6 Å². The van der Waals surface area contributed by atoms with Crippen molar-refractivity contribution in [3.8, 4) is 11.5 Å². The zero-order valence-corrected chi connectivity index (χ0v) is 20.5. The molecule has 0 aromatic carbocycles. The standard InChI is InChI=1S/C25H31ClFN7/c1-14-15-3-5-16(6-4-15)18(14)12-20-21(27)25(34-9-7-33(2)8-10-34)30-24(29-20)22-19-11-17(26)13-28-23(19)32-31-22/h11,13-16,18H,3-10,12H2,1-2H3,(H,28,31,32). The van der Waals surface area contributed by atoms with E-state index in [1.807, 2.05) is 6.07 Å². The Morgan fingerprint density at radius 1 is 1.09 bits per heavy atom. The van der Waals surface area contributed by atoms with Gasteiger partial charge in [0.15, 0.2) is 23.1 Å². The van der Waals surface area contributed by atoms with E-state index in [0.717, 1.165) is 37.5 Å². The SMILES string of the molecule is CC1C2CCC(CC2)C1Cc1nc(-c2[nH]nc3ncc(Cl)cc23)nc(N2CCN(C)CC2)c1F. The van der Waals surface area contributed by atoms with E-state index in [1.54, 1.807) is 6.20 Å². The predicted molar refractivity (Wildman–Crippen MR) is 131 cm³/mol. The van der Waals surface area contributed by atoms with Gasteiger partial charge in [0.1, 0.15) is 5.69 Å². The highest BCUT2D eigenvalue weighted by atomic mass is 35.5. The molecule has 34 heavy (non-hydrogen) atoms. The van der Waals surface area contributed by atoms with Crippen LogP contribution >= 0.6 is 11.6 Å². The fraction of sp³-hybridized carbons (Fsp3) is 0.600. The van der Waals surface area contributed by atoms with Crippen molar-refractivity contribution in [3.63, 3.8) is 0 Å². The summed E-state index contributed by atoms with van der Waals surface area (Å²) >= 11 is 6.22. The van der Waals surface area contributed by atoms with Gasteiger partial charge < -0.3 is 9.80 Å². The van der Waals surface area contributed by atoms with Crippen LogP contribution in [0.4, 0.5) is 10.2 Å². The minimum Gasteiger partial charge on any atom is -0.351 e. The van der Waals surface area contributed by atoms with E-state index in [0.29, 0.717) is 57.9 Å². The second-order valence-corrected chi connectivity index (χ2v) is 10.9. The number of H-pyrrole nitrogens is 1. The molecule has 2 bridgehead atoms. The minimum absolute atomic E-state index is 0.262. The van der Waals surface area contributed by atoms with Gasteiger partial charge >= 0.3 is 0 Å². The Kier molecular flexibility index (Phi) is 5.68. The summed E-state index contributed by atoms with van der Waals surface area (Å²) in [6, 6.07) is 1.81. The molecule has 0 radical (unpaired) electrons. The molecule has 1 N–H and O–H groups in total. The zero-order chi connectivity index (χ0) is 23.4. The minimum atomic E-state index is -0.262. The van der Waals surface area contributed by atoms with E-state index in [2.05, 4.69) is 39.0 Å². The van der Waals surface area contributed by atoms with Gasteiger partial charge in [-0.2, -0.15) is 5.10 Å². The molecule has 2 unspecified atom stereocenters. The van der Waals surface area contributed by atoms with Gasteiger partial charge in [-0.15, -0.1) is 0 Å². The number of pyridine rings is 1. The second-order valence-electron chi connectivity index (χ2n) is 10.4. The van der Waals surface area contributed by atoms with E-state index >= 15 is 4.39 Å². The summed E-state index contributed by atoms with van der Waals surface area (Å²) in [6.45, 7) is 5.60. The average Bonchev–Trinajstić information content (AvgIpc) is 3.26. The molecule has 3 aromatic heterocycles. The fourth-order valence-corrected chi connectivity index (χ4v) is 6.61. The van der Waals surface area contributed by atoms with Crippen molar-refractivity contribution in [2.24, 2.45) is 23.7 Å². The molecule has 3 aliphatic carbocycles. The van der Waals surface area contributed by atoms with Gasteiger partial charge in [-0.1, -0.05) is 18.5 Å². The maximum Gasteiger partial charge on any atom is 0.187 e. The van der Waals surface area contributed by atoms with Crippen molar-refractivity contribution in [1.82, 2.24) is 30.0 Å². The van der Waals surface area contributed by atoms with Gasteiger partial charge in [-0.25, -0.2) is 19.3 Å². The molecule has 3 aromatic rings. The van der Waals surface area contributed by atoms with Gasteiger partial charge in [-0.3, -0.25) is 5.10 Å². The van der Waals surface area contributed by atoms with Crippen molar-refractivity contribution in [1.29, 1.82) is 0 Å². The summed E-state index contributed by atoms with van der Waals surface area (Å²) in [4.78, 5) is 18.2. The van der Waals surface area contributed by atoms with Crippen LogP contribution in [0.15, 0.2) is 12.3 Å². The Hall–Kier alpha value is -2.32. The number of nitrogens with one attached hydrogen (secondary N) is 1. The number of halogens is 2. The van der Waals surface area contributed by atoms with E-state index in [-0.39, 0.29) is 5.82 Å². The fourth-order valence-electron chi connectivity index (χ4n) is 6.45. The number of likely N-dealkylation sites (N-methyl/N-ethyl adjacent to an activating group) is 1. The number of aromatic nitrogens is 5. The van der Waals surface area contributed by atoms with Gasteiger partial charge in [-0.05, 0) is 68.9 Å². The van der Waals surface area contributed by atoms with Crippen LogP contribution < -0.4 is 4.90 Å². The van der Waals surface area contributed by atoms with Gasteiger partial charge in [0.2, 0.25) is 0 Å². The highest BCUT2D eigenvalue weighted by molar-refractivity contribution is 6.31.